The largest absolute Gasteiger partial charge is 0.393 e. The van der Waals surface area contributed by atoms with Crippen molar-refractivity contribution >= 4 is 5.69 Å². The average molecular weight is 257 g/mol. The van der Waals surface area contributed by atoms with Crippen LogP contribution in [0.25, 0.3) is 5.69 Å². The molecule has 1 aromatic carbocycles. The normalized spacial score (nSPS) is 16.1. The maximum atomic E-state index is 12.4. The van der Waals surface area contributed by atoms with Crippen LogP contribution in [0, 0.1) is 6.92 Å². The third-order valence-electron chi connectivity index (χ3n) is 4.04. The molecule has 100 valence electrons. The van der Waals surface area contributed by atoms with Gasteiger partial charge in [0.1, 0.15) is 5.69 Å². The average Bonchev–Trinajstić information content (AvgIpc) is 3.03. The fourth-order valence-corrected chi connectivity index (χ4v) is 3.04. The van der Waals surface area contributed by atoms with Crippen molar-refractivity contribution in [2.75, 3.05) is 5.73 Å². The summed E-state index contributed by atoms with van der Waals surface area (Å²) in [4.78, 5) is 12.4. The zero-order chi connectivity index (χ0) is 13.4. The molecule has 19 heavy (non-hydrogen) atoms. The fourth-order valence-electron chi connectivity index (χ4n) is 3.04. The summed E-state index contributed by atoms with van der Waals surface area (Å²) < 4.78 is 3.83. The minimum atomic E-state index is -0.101. The molecule has 2 N–H and O–H groups in total. The Morgan fingerprint density at radius 2 is 1.79 bits per heavy atom. The molecule has 1 heterocycles. The molecule has 0 atom stereocenters. The van der Waals surface area contributed by atoms with Crippen LogP contribution in [0.1, 0.15) is 37.4 Å². The van der Waals surface area contributed by atoms with E-state index in [2.05, 4.69) is 4.68 Å². The molecule has 1 aliphatic carbocycles. The quantitative estimate of drug-likeness (QED) is 0.899. The van der Waals surface area contributed by atoms with E-state index in [4.69, 9.17) is 5.73 Å². The maximum Gasteiger partial charge on any atom is 0.294 e. The first kappa shape index (κ1) is 12.1. The Hall–Kier alpha value is -1.97. The van der Waals surface area contributed by atoms with Gasteiger partial charge >= 0.3 is 0 Å². The van der Waals surface area contributed by atoms with Crippen LogP contribution in [0.2, 0.25) is 0 Å². The number of rotatable bonds is 2. The summed E-state index contributed by atoms with van der Waals surface area (Å²) in [7, 11) is 0. The van der Waals surface area contributed by atoms with E-state index in [1.165, 1.54) is 12.8 Å². The summed E-state index contributed by atoms with van der Waals surface area (Å²) in [6.45, 7) is 1.94. The van der Waals surface area contributed by atoms with Crippen LogP contribution >= 0.6 is 0 Å². The van der Waals surface area contributed by atoms with Gasteiger partial charge in [0.15, 0.2) is 0 Å². The molecule has 4 heteroatoms. The first-order valence-corrected chi connectivity index (χ1v) is 6.85. The Morgan fingerprint density at radius 3 is 2.42 bits per heavy atom. The van der Waals surface area contributed by atoms with E-state index in [0.717, 1.165) is 24.2 Å². The molecule has 0 saturated heterocycles. The van der Waals surface area contributed by atoms with Crippen LogP contribution < -0.4 is 11.3 Å². The van der Waals surface area contributed by atoms with Crippen LogP contribution in [0.15, 0.2) is 35.1 Å². The van der Waals surface area contributed by atoms with Crippen molar-refractivity contribution in [1.29, 1.82) is 0 Å². The molecule has 1 fully saturated rings. The molecular formula is C15H19N3O. The second kappa shape index (κ2) is 4.61. The lowest BCUT2D eigenvalue weighted by atomic mass is 10.2. The minimum absolute atomic E-state index is 0.101. The van der Waals surface area contributed by atoms with Crippen molar-refractivity contribution in [3.8, 4) is 5.69 Å². The van der Waals surface area contributed by atoms with Gasteiger partial charge in [-0.05, 0) is 31.9 Å². The van der Waals surface area contributed by atoms with E-state index in [0.29, 0.717) is 11.7 Å². The van der Waals surface area contributed by atoms with Crippen molar-refractivity contribution < 1.29 is 0 Å². The molecule has 0 spiro atoms. The number of hydrogen-bond donors (Lipinski definition) is 1. The smallest absolute Gasteiger partial charge is 0.294 e. The van der Waals surface area contributed by atoms with Crippen molar-refractivity contribution in [1.82, 2.24) is 9.36 Å². The third-order valence-corrected chi connectivity index (χ3v) is 4.04. The van der Waals surface area contributed by atoms with Crippen molar-refractivity contribution in [3.05, 3.63) is 46.4 Å². The number of nitrogens with two attached hydrogens (primary N) is 1. The lowest BCUT2D eigenvalue weighted by molar-refractivity contribution is 0.416. The molecule has 0 unspecified atom stereocenters. The first-order valence-electron chi connectivity index (χ1n) is 6.85. The summed E-state index contributed by atoms with van der Waals surface area (Å²) in [5, 5.41) is 0. The highest BCUT2D eigenvalue weighted by Gasteiger charge is 2.24. The van der Waals surface area contributed by atoms with Gasteiger partial charge in [0.25, 0.3) is 5.56 Å². The molecule has 1 aliphatic rings. The summed E-state index contributed by atoms with van der Waals surface area (Å²) in [5.74, 6) is 0. The number of nitrogens with zero attached hydrogens (tertiary/aromatic N) is 2. The Bertz CT molecular complexity index is 633. The van der Waals surface area contributed by atoms with Gasteiger partial charge in [-0.1, -0.05) is 31.0 Å². The van der Waals surface area contributed by atoms with Gasteiger partial charge in [-0.2, -0.15) is 0 Å². The molecule has 0 radical (unpaired) electrons. The molecule has 4 nitrogen and oxygen atoms in total. The van der Waals surface area contributed by atoms with Crippen LogP contribution in [0.3, 0.4) is 0 Å². The first-order chi connectivity index (χ1) is 9.20. The molecular weight excluding hydrogens is 238 g/mol. The molecule has 1 saturated carbocycles. The van der Waals surface area contributed by atoms with Gasteiger partial charge < -0.3 is 5.73 Å². The number of hydrogen-bond acceptors (Lipinski definition) is 2. The zero-order valence-corrected chi connectivity index (χ0v) is 11.2. The Kier molecular flexibility index (Phi) is 2.93. The van der Waals surface area contributed by atoms with E-state index >= 15 is 0 Å². The van der Waals surface area contributed by atoms with E-state index in [1.807, 2.05) is 37.3 Å². The fraction of sp³-hybridized carbons (Fsp3) is 0.400. The number of aromatic nitrogens is 2. The van der Waals surface area contributed by atoms with Gasteiger partial charge in [0, 0.05) is 0 Å². The van der Waals surface area contributed by atoms with Crippen LogP contribution in [0.5, 0.6) is 0 Å². The monoisotopic (exact) mass is 257 g/mol. The second-order valence-electron chi connectivity index (χ2n) is 5.23. The molecule has 0 aliphatic heterocycles. The third kappa shape index (κ3) is 1.87. The summed E-state index contributed by atoms with van der Waals surface area (Å²) in [5.41, 5.74) is 8.00. The van der Waals surface area contributed by atoms with Crippen LogP contribution in [-0.2, 0) is 0 Å². The predicted molar refractivity (Wildman–Crippen MR) is 76.7 cm³/mol. The lowest BCUT2D eigenvalue weighted by Crippen LogP contribution is -2.24. The van der Waals surface area contributed by atoms with Gasteiger partial charge in [-0.25, -0.2) is 4.68 Å². The standard InChI is InChI=1S/C15H19N3O/c1-11-14(16)15(19)18(13-7-3-2-4-8-13)17(11)12-9-5-6-10-12/h2-4,7-8,12H,5-6,9-10,16H2,1H3. The van der Waals surface area contributed by atoms with Gasteiger partial charge in [0.2, 0.25) is 0 Å². The van der Waals surface area contributed by atoms with Crippen molar-refractivity contribution in [2.45, 2.75) is 38.6 Å². The summed E-state index contributed by atoms with van der Waals surface area (Å²) in [6.07, 6.45) is 4.71. The highest BCUT2D eigenvalue weighted by molar-refractivity contribution is 5.45. The second-order valence-corrected chi connectivity index (χ2v) is 5.23. The number of nitrogen functional groups attached to an aromatic ring is 1. The maximum absolute atomic E-state index is 12.4. The summed E-state index contributed by atoms with van der Waals surface area (Å²) in [6, 6.07) is 10.1. The SMILES string of the molecule is Cc1c(N)c(=O)n(-c2ccccc2)n1C1CCCC1. The Labute approximate surface area is 112 Å². The van der Waals surface area contributed by atoms with E-state index in [1.54, 1.807) is 4.68 Å². The molecule has 0 amide bonds. The zero-order valence-electron chi connectivity index (χ0n) is 11.2. The number of benzene rings is 1. The molecule has 0 bridgehead atoms. The van der Waals surface area contributed by atoms with Gasteiger partial charge in [-0.3, -0.25) is 9.48 Å². The lowest BCUT2D eigenvalue weighted by Gasteiger charge is -2.19. The predicted octanol–water partition coefficient (Wildman–Crippen LogP) is 2.64. The van der Waals surface area contributed by atoms with E-state index < -0.39 is 0 Å². The number of para-hydroxylation sites is 1. The van der Waals surface area contributed by atoms with E-state index in [-0.39, 0.29) is 5.56 Å². The highest BCUT2D eigenvalue weighted by Crippen LogP contribution is 2.31. The summed E-state index contributed by atoms with van der Waals surface area (Å²) >= 11 is 0. The topological polar surface area (TPSA) is 53.0 Å². The number of anilines is 1. The van der Waals surface area contributed by atoms with Crippen molar-refractivity contribution in [3.63, 3.8) is 0 Å². The van der Waals surface area contributed by atoms with Crippen LogP contribution in [0.4, 0.5) is 5.69 Å². The van der Waals surface area contributed by atoms with Crippen LogP contribution in [-0.4, -0.2) is 9.36 Å². The molecule has 3 rings (SSSR count). The Morgan fingerprint density at radius 1 is 1.16 bits per heavy atom. The van der Waals surface area contributed by atoms with Gasteiger partial charge in [0.05, 0.1) is 17.4 Å². The van der Waals surface area contributed by atoms with Crippen molar-refractivity contribution in [2.24, 2.45) is 0 Å². The van der Waals surface area contributed by atoms with Gasteiger partial charge in [-0.15, -0.1) is 0 Å². The highest BCUT2D eigenvalue weighted by atomic mass is 16.1. The Balaban J connectivity index is 2.23. The minimum Gasteiger partial charge on any atom is -0.393 e. The molecule has 1 aromatic heterocycles. The van der Waals surface area contributed by atoms with E-state index in [9.17, 15) is 4.79 Å². The molecule has 2 aromatic rings.